The van der Waals surface area contributed by atoms with Gasteiger partial charge in [-0.2, -0.15) is 0 Å². The summed E-state index contributed by atoms with van der Waals surface area (Å²) in [6.45, 7) is 0.374. The zero-order valence-corrected chi connectivity index (χ0v) is 17.6. The summed E-state index contributed by atoms with van der Waals surface area (Å²) in [5.74, 6) is 3.91. The standard InChI is InChI=1S/C24H22N4O2S/c1-31(30,28-23-10-4-8-19-7-2-3-9-22(19)23)21-13-11-20(12-14-21)27-24(29)26-17-18-6-5-15-25-16-18/h2-16H,1,17H2,(H,28,30)(H2,26,27,29). The average molecular weight is 431 g/mol. The van der Waals surface area contributed by atoms with Gasteiger partial charge in [0.2, 0.25) is 0 Å². The highest BCUT2D eigenvalue weighted by Crippen LogP contribution is 2.26. The first-order chi connectivity index (χ1) is 15.0. The second-order valence-corrected chi connectivity index (χ2v) is 9.02. The van der Waals surface area contributed by atoms with Crippen molar-refractivity contribution >= 4 is 43.8 Å². The molecule has 31 heavy (non-hydrogen) atoms. The predicted octanol–water partition coefficient (Wildman–Crippen LogP) is 4.66. The Morgan fingerprint density at radius 2 is 1.71 bits per heavy atom. The third-order valence-electron chi connectivity index (χ3n) is 4.73. The minimum absolute atomic E-state index is 0.333. The van der Waals surface area contributed by atoms with Crippen LogP contribution >= 0.6 is 0 Å². The van der Waals surface area contributed by atoms with Crippen molar-refractivity contribution < 1.29 is 9.00 Å². The van der Waals surface area contributed by atoms with E-state index in [1.807, 2.05) is 54.6 Å². The van der Waals surface area contributed by atoms with Gasteiger partial charge in [-0.1, -0.05) is 42.5 Å². The lowest BCUT2D eigenvalue weighted by Crippen LogP contribution is -2.28. The Morgan fingerprint density at radius 1 is 0.935 bits per heavy atom. The van der Waals surface area contributed by atoms with E-state index in [0.717, 1.165) is 22.0 Å². The fourth-order valence-electron chi connectivity index (χ4n) is 3.17. The number of urea groups is 1. The molecule has 0 bridgehead atoms. The van der Waals surface area contributed by atoms with Crippen LogP contribution in [0.15, 0.2) is 96.2 Å². The molecule has 7 heteroatoms. The van der Waals surface area contributed by atoms with Crippen LogP contribution in [-0.2, 0) is 16.3 Å². The number of hydrogen-bond acceptors (Lipinski definition) is 3. The van der Waals surface area contributed by atoms with E-state index in [0.29, 0.717) is 17.1 Å². The van der Waals surface area contributed by atoms with E-state index in [2.05, 4.69) is 26.2 Å². The lowest BCUT2D eigenvalue weighted by atomic mass is 10.1. The number of hydrogen-bond donors (Lipinski definition) is 3. The first kappa shape index (κ1) is 20.4. The molecule has 0 fully saturated rings. The molecule has 6 nitrogen and oxygen atoms in total. The Morgan fingerprint density at radius 3 is 2.48 bits per heavy atom. The van der Waals surface area contributed by atoms with Gasteiger partial charge in [-0.15, -0.1) is 0 Å². The molecule has 1 heterocycles. The normalized spacial score (nSPS) is 12.6. The molecule has 0 radical (unpaired) electrons. The van der Waals surface area contributed by atoms with Crippen LogP contribution in [0.5, 0.6) is 0 Å². The minimum atomic E-state index is -2.78. The van der Waals surface area contributed by atoms with Gasteiger partial charge in [0, 0.05) is 34.9 Å². The molecule has 2 amide bonds. The monoisotopic (exact) mass is 430 g/mol. The molecule has 4 aromatic rings. The number of fused-ring (bicyclic) bond motifs is 1. The SMILES string of the molecule is C=S(=O)(Nc1cccc2ccccc12)c1ccc(NC(=O)NCc2cccnc2)cc1. The summed E-state index contributed by atoms with van der Waals surface area (Å²) in [6.07, 6.45) is 3.38. The second kappa shape index (κ2) is 8.89. The Hall–Kier alpha value is -3.84. The summed E-state index contributed by atoms with van der Waals surface area (Å²) in [5, 5.41) is 7.56. The molecule has 1 unspecified atom stereocenters. The van der Waals surface area contributed by atoms with Gasteiger partial charge >= 0.3 is 6.03 Å². The van der Waals surface area contributed by atoms with Crippen molar-refractivity contribution in [3.05, 3.63) is 96.8 Å². The van der Waals surface area contributed by atoms with E-state index in [4.69, 9.17) is 0 Å². The Bertz CT molecular complexity index is 1300. The lowest BCUT2D eigenvalue weighted by Gasteiger charge is -2.15. The number of nitrogens with zero attached hydrogens (tertiary/aromatic N) is 1. The quantitative estimate of drug-likeness (QED) is 0.389. The first-order valence-corrected chi connectivity index (χ1v) is 11.4. The first-order valence-electron chi connectivity index (χ1n) is 9.68. The summed E-state index contributed by atoms with van der Waals surface area (Å²) in [5.41, 5.74) is 2.26. The third kappa shape index (κ3) is 5.02. The molecular weight excluding hydrogens is 408 g/mol. The Labute approximate surface area is 181 Å². The van der Waals surface area contributed by atoms with Crippen molar-refractivity contribution in [1.29, 1.82) is 0 Å². The molecule has 156 valence electrons. The van der Waals surface area contributed by atoms with E-state index in [-0.39, 0.29) is 6.03 Å². The number of amides is 2. The maximum absolute atomic E-state index is 13.3. The highest BCUT2D eigenvalue weighted by molar-refractivity contribution is 8.01. The van der Waals surface area contributed by atoms with Gasteiger partial charge < -0.3 is 15.4 Å². The highest BCUT2D eigenvalue weighted by atomic mass is 32.2. The van der Waals surface area contributed by atoms with Gasteiger partial charge in [0.05, 0.1) is 15.4 Å². The molecule has 4 rings (SSSR count). The minimum Gasteiger partial charge on any atom is -0.334 e. The summed E-state index contributed by atoms with van der Waals surface area (Å²) in [6, 6.07) is 23.9. The lowest BCUT2D eigenvalue weighted by molar-refractivity contribution is 0.251. The second-order valence-electron chi connectivity index (χ2n) is 7.00. The van der Waals surface area contributed by atoms with Crippen molar-refractivity contribution in [1.82, 2.24) is 10.3 Å². The van der Waals surface area contributed by atoms with Gasteiger partial charge in [0.15, 0.2) is 0 Å². The van der Waals surface area contributed by atoms with E-state index in [1.54, 1.807) is 36.7 Å². The maximum atomic E-state index is 13.3. The van der Waals surface area contributed by atoms with Crippen LogP contribution in [0.4, 0.5) is 16.2 Å². The number of benzene rings is 3. The summed E-state index contributed by atoms with van der Waals surface area (Å²) < 4.78 is 16.4. The number of nitrogens with one attached hydrogen (secondary N) is 3. The number of aromatic nitrogens is 1. The van der Waals surface area contributed by atoms with Crippen LogP contribution in [0.25, 0.3) is 10.8 Å². The zero-order valence-electron chi connectivity index (χ0n) is 16.7. The molecule has 1 atom stereocenters. The van der Waals surface area contributed by atoms with Gasteiger partial charge in [0.25, 0.3) is 0 Å². The number of anilines is 2. The van der Waals surface area contributed by atoms with Gasteiger partial charge in [0.1, 0.15) is 0 Å². The highest BCUT2D eigenvalue weighted by Gasteiger charge is 2.10. The zero-order chi connectivity index (χ0) is 21.7. The van der Waals surface area contributed by atoms with Gasteiger partial charge in [-0.3, -0.25) is 4.98 Å². The van der Waals surface area contributed by atoms with Crippen LogP contribution in [0.1, 0.15) is 5.56 Å². The average Bonchev–Trinajstić information content (AvgIpc) is 2.79. The molecule has 0 saturated heterocycles. The number of carbonyl (C=O) groups excluding carboxylic acids is 1. The molecule has 0 aliphatic rings. The fraction of sp³-hybridized carbons (Fsp3) is 0.0417. The van der Waals surface area contributed by atoms with E-state index < -0.39 is 9.71 Å². The van der Waals surface area contributed by atoms with Crippen LogP contribution in [-0.4, -0.2) is 21.1 Å². The molecule has 0 saturated carbocycles. The van der Waals surface area contributed by atoms with Crippen LogP contribution < -0.4 is 15.4 Å². The number of pyridine rings is 1. The Kier molecular flexibility index (Phi) is 5.86. The van der Waals surface area contributed by atoms with Crippen LogP contribution in [0.3, 0.4) is 0 Å². The van der Waals surface area contributed by atoms with Crippen molar-refractivity contribution in [3.63, 3.8) is 0 Å². The van der Waals surface area contributed by atoms with Crippen molar-refractivity contribution in [2.24, 2.45) is 0 Å². The molecule has 1 aromatic heterocycles. The van der Waals surface area contributed by atoms with Crippen LogP contribution in [0, 0.1) is 0 Å². The van der Waals surface area contributed by atoms with E-state index in [9.17, 15) is 9.00 Å². The van der Waals surface area contributed by atoms with Crippen molar-refractivity contribution in [3.8, 4) is 0 Å². The Balaban J connectivity index is 1.42. The van der Waals surface area contributed by atoms with Gasteiger partial charge in [-0.25, -0.2) is 9.00 Å². The van der Waals surface area contributed by atoms with Crippen molar-refractivity contribution in [2.75, 3.05) is 10.0 Å². The number of carbonyl (C=O) groups is 1. The fourth-order valence-corrected chi connectivity index (χ4v) is 4.40. The molecular formula is C24H22N4O2S. The molecule has 0 aliphatic heterocycles. The van der Waals surface area contributed by atoms with E-state index in [1.165, 1.54) is 0 Å². The largest absolute Gasteiger partial charge is 0.334 e. The van der Waals surface area contributed by atoms with Crippen LogP contribution in [0.2, 0.25) is 0 Å². The number of rotatable bonds is 6. The van der Waals surface area contributed by atoms with Crippen molar-refractivity contribution in [2.45, 2.75) is 11.4 Å². The summed E-state index contributed by atoms with van der Waals surface area (Å²) in [7, 11) is -2.78. The molecule has 3 aromatic carbocycles. The predicted molar refractivity (Wildman–Crippen MR) is 128 cm³/mol. The summed E-state index contributed by atoms with van der Waals surface area (Å²) in [4.78, 5) is 16.7. The molecule has 0 spiro atoms. The van der Waals surface area contributed by atoms with E-state index >= 15 is 0 Å². The topological polar surface area (TPSA) is 83.1 Å². The summed E-state index contributed by atoms with van der Waals surface area (Å²) >= 11 is 0. The smallest absolute Gasteiger partial charge is 0.319 e. The maximum Gasteiger partial charge on any atom is 0.319 e. The molecule has 3 N–H and O–H groups in total. The van der Waals surface area contributed by atoms with Gasteiger partial charge in [-0.05, 0) is 53.2 Å². The molecule has 0 aliphatic carbocycles. The third-order valence-corrected chi connectivity index (χ3v) is 6.32.